The first-order valence-corrected chi connectivity index (χ1v) is 10.6. The minimum atomic E-state index is -0.946. The number of thiophene rings is 1. The highest BCUT2D eigenvalue weighted by Gasteiger charge is 2.23. The molecule has 1 aromatic carbocycles. The number of aliphatic hydroxyl groups is 1. The fourth-order valence-corrected chi connectivity index (χ4v) is 4.10. The van der Waals surface area contributed by atoms with Crippen LogP contribution in [0.25, 0.3) is 0 Å². The zero-order valence-corrected chi connectivity index (χ0v) is 17.1. The number of aliphatic imine (C=N–C) groups is 1. The maximum absolute atomic E-state index is 10.6. The molecule has 0 radical (unpaired) electrons. The molecule has 1 aromatic heterocycles. The summed E-state index contributed by atoms with van der Waals surface area (Å²) in [5.41, 5.74) is 2.89. The van der Waals surface area contributed by atoms with Gasteiger partial charge in [0.15, 0.2) is 5.96 Å². The van der Waals surface area contributed by atoms with Crippen LogP contribution < -0.4 is 10.6 Å². The third-order valence-corrected chi connectivity index (χ3v) is 5.65. The van der Waals surface area contributed by atoms with Crippen molar-refractivity contribution in [3.8, 4) is 0 Å². The normalized spacial score (nSPS) is 17.2. The van der Waals surface area contributed by atoms with E-state index in [1.165, 1.54) is 11.1 Å². The largest absolute Gasteiger partial charge is 0.383 e. The third kappa shape index (κ3) is 5.54. The molecule has 1 aliphatic rings. The number of nitrogens with one attached hydrogen (secondary N) is 2. The van der Waals surface area contributed by atoms with Gasteiger partial charge in [0.1, 0.15) is 5.60 Å². The van der Waals surface area contributed by atoms with Gasteiger partial charge >= 0.3 is 0 Å². The zero-order chi connectivity index (χ0) is 19.1. The van der Waals surface area contributed by atoms with Crippen LogP contribution in [0.1, 0.15) is 30.5 Å². The van der Waals surface area contributed by atoms with Gasteiger partial charge in [-0.25, -0.2) is 4.99 Å². The smallest absolute Gasteiger partial charge is 0.191 e. The average molecular weight is 387 g/mol. The first kappa shape index (κ1) is 19.9. The standard InChI is InChI=1S/C21H30N4OS/c1-3-22-20(24-16-21(2,26)19-9-13-27-15-19)23-10-12-25-11-8-17-6-4-5-7-18(17)14-25/h4-7,9,13,15,26H,3,8,10-12,14,16H2,1-2H3,(H2,22,23,24). The number of hydrogen-bond donors (Lipinski definition) is 3. The Morgan fingerprint density at radius 2 is 2.07 bits per heavy atom. The molecular formula is C21H30N4OS. The molecule has 1 unspecified atom stereocenters. The molecule has 0 saturated carbocycles. The summed E-state index contributed by atoms with van der Waals surface area (Å²) >= 11 is 1.59. The number of benzene rings is 1. The summed E-state index contributed by atoms with van der Waals surface area (Å²) < 4.78 is 0. The van der Waals surface area contributed by atoms with Crippen molar-refractivity contribution in [3.63, 3.8) is 0 Å². The molecule has 2 aromatic rings. The molecule has 27 heavy (non-hydrogen) atoms. The van der Waals surface area contributed by atoms with Gasteiger partial charge in [0.2, 0.25) is 0 Å². The second kappa shape index (κ2) is 9.35. The molecule has 5 nitrogen and oxygen atoms in total. The molecule has 0 amide bonds. The summed E-state index contributed by atoms with van der Waals surface area (Å²) in [6.07, 6.45) is 1.12. The summed E-state index contributed by atoms with van der Waals surface area (Å²) in [6, 6.07) is 10.7. The van der Waals surface area contributed by atoms with Gasteiger partial charge in [0, 0.05) is 32.7 Å². The topological polar surface area (TPSA) is 59.9 Å². The molecule has 3 N–H and O–H groups in total. The van der Waals surface area contributed by atoms with E-state index in [0.29, 0.717) is 6.54 Å². The van der Waals surface area contributed by atoms with Crippen LogP contribution in [0.5, 0.6) is 0 Å². The SMILES string of the molecule is CCNC(=NCC(C)(O)c1ccsc1)NCCN1CCc2ccccc2C1. The molecule has 0 bridgehead atoms. The van der Waals surface area contributed by atoms with Crippen LogP contribution in [0, 0.1) is 0 Å². The fourth-order valence-electron chi connectivity index (χ4n) is 3.31. The average Bonchev–Trinajstić information content (AvgIpc) is 3.22. The summed E-state index contributed by atoms with van der Waals surface area (Å²) in [7, 11) is 0. The van der Waals surface area contributed by atoms with E-state index in [1.807, 2.05) is 23.8 Å². The summed E-state index contributed by atoms with van der Waals surface area (Å²) in [5.74, 6) is 0.755. The second-order valence-corrected chi connectivity index (χ2v) is 7.98. The Morgan fingerprint density at radius 3 is 2.81 bits per heavy atom. The lowest BCUT2D eigenvalue weighted by atomic mass is 10.00. The van der Waals surface area contributed by atoms with E-state index >= 15 is 0 Å². The Balaban J connectivity index is 1.50. The lowest BCUT2D eigenvalue weighted by molar-refractivity contribution is 0.0677. The van der Waals surface area contributed by atoms with E-state index in [2.05, 4.69) is 51.7 Å². The Labute approximate surface area is 166 Å². The Hall–Kier alpha value is -1.89. The van der Waals surface area contributed by atoms with Gasteiger partial charge in [0.05, 0.1) is 6.54 Å². The molecule has 0 spiro atoms. The Bertz CT molecular complexity index is 742. The van der Waals surface area contributed by atoms with Crippen LogP contribution >= 0.6 is 11.3 Å². The van der Waals surface area contributed by atoms with Gasteiger partial charge in [0.25, 0.3) is 0 Å². The van der Waals surface area contributed by atoms with Gasteiger partial charge in [-0.1, -0.05) is 24.3 Å². The maximum Gasteiger partial charge on any atom is 0.191 e. The monoisotopic (exact) mass is 386 g/mol. The molecule has 2 heterocycles. The highest BCUT2D eigenvalue weighted by molar-refractivity contribution is 7.08. The van der Waals surface area contributed by atoms with Crippen molar-refractivity contribution in [2.24, 2.45) is 4.99 Å². The number of rotatable bonds is 7. The second-order valence-electron chi connectivity index (χ2n) is 7.20. The lowest BCUT2D eigenvalue weighted by Gasteiger charge is -2.29. The zero-order valence-electron chi connectivity index (χ0n) is 16.2. The van der Waals surface area contributed by atoms with E-state index in [9.17, 15) is 5.11 Å². The van der Waals surface area contributed by atoms with Crippen LogP contribution in [-0.2, 0) is 18.6 Å². The third-order valence-electron chi connectivity index (χ3n) is 4.96. The van der Waals surface area contributed by atoms with Crippen LogP contribution in [0.3, 0.4) is 0 Å². The summed E-state index contributed by atoms with van der Waals surface area (Å²) in [6.45, 7) is 8.90. The van der Waals surface area contributed by atoms with Crippen molar-refractivity contribution in [1.29, 1.82) is 0 Å². The Morgan fingerprint density at radius 1 is 1.26 bits per heavy atom. The van der Waals surface area contributed by atoms with Gasteiger partial charge in [-0.3, -0.25) is 4.90 Å². The molecule has 146 valence electrons. The van der Waals surface area contributed by atoms with Crippen LogP contribution in [-0.4, -0.2) is 48.7 Å². The highest BCUT2D eigenvalue weighted by Crippen LogP contribution is 2.23. The fraction of sp³-hybridized carbons (Fsp3) is 0.476. The number of fused-ring (bicyclic) bond motifs is 1. The van der Waals surface area contributed by atoms with E-state index in [4.69, 9.17) is 0 Å². The molecule has 0 aliphatic carbocycles. The quantitative estimate of drug-likeness (QED) is 0.506. The van der Waals surface area contributed by atoms with E-state index in [-0.39, 0.29) is 0 Å². The number of nitrogens with zero attached hydrogens (tertiary/aromatic N) is 2. The van der Waals surface area contributed by atoms with Crippen molar-refractivity contribution >= 4 is 17.3 Å². The molecule has 3 rings (SSSR count). The molecular weight excluding hydrogens is 356 g/mol. The van der Waals surface area contributed by atoms with Crippen molar-refractivity contribution in [1.82, 2.24) is 15.5 Å². The first-order valence-electron chi connectivity index (χ1n) is 9.65. The minimum Gasteiger partial charge on any atom is -0.383 e. The van der Waals surface area contributed by atoms with Crippen LogP contribution in [0.15, 0.2) is 46.1 Å². The minimum absolute atomic E-state index is 0.330. The van der Waals surface area contributed by atoms with E-state index in [1.54, 1.807) is 11.3 Å². The molecule has 6 heteroatoms. The Kier molecular flexibility index (Phi) is 6.88. The van der Waals surface area contributed by atoms with Crippen LogP contribution in [0.2, 0.25) is 0 Å². The predicted octanol–water partition coefficient (Wildman–Crippen LogP) is 2.57. The lowest BCUT2D eigenvalue weighted by Crippen LogP contribution is -2.43. The van der Waals surface area contributed by atoms with Crippen molar-refractivity contribution in [3.05, 3.63) is 57.8 Å². The number of guanidine groups is 1. The molecule has 0 saturated heterocycles. The van der Waals surface area contributed by atoms with Gasteiger partial charge in [-0.15, -0.1) is 0 Å². The van der Waals surface area contributed by atoms with Gasteiger partial charge < -0.3 is 15.7 Å². The summed E-state index contributed by atoms with van der Waals surface area (Å²) in [4.78, 5) is 7.06. The van der Waals surface area contributed by atoms with E-state index < -0.39 is 5.60 Å². The maximum atomic E-state index is 10.6. The van der Waals surface area contributed by atoms with Gasteiger partial charge in [-0.05, 0) is 53.8 Å². The molecule has 1 aliphatic heterocycles. The van der Waals surface area contributed by atoms with Crippen molar-refractivity contribution < 1.29 is 5.11 Å². The van der Waals surface area contributed by atoms with Crippen LogP contribution in [0.4, 0.5) is 0 Å². The predicted molar refractivity (Wildman–Crippen MR) is 113 cm³/mol. The van der Waals surface area contributed by atoms with Gasteiger partial charge in [-0.2, -0.15) is 11.3 Å². The number of hydrogen-bond acceptors (Lipinski definition) is 4. The molecule has 1 atom stereocenters. The van der Waals surface area contributed by atoms with E-state index in [0.717, 1.165) is 50.7 Å². The van der Waals surface area contributed by atoms with Crippen molar-refractivity contribution in [2.45, 2.75) is 32.4 Å². The first-order chi connectivity index (χ1) is 13.1. The highest BCUT2D eigenvalue weighted by atomic mass is 32.1. The van der Waals surface area contributed by atoms with Crippen molar-refractivity contribution in [2.75, 3.05) is 32.7 Å². The molecule has 0 fully saturated rings. The summed E-state index contributed by atoms with van der Waals surface area (Å²) in [5, 5.41) is 21.3.